The van der Waals surface area contributed by atoms with E-state index < -0.39 is 5.60 Å². The molecule has 0 N–H and O–H groups in total. The number of hydrogen-bond donors (Lipinski definition) is 0. The predicted octanol–water partition coefficient (Wildman–Crippen LogP) is 3.93. The van der Waals surface area contributed by atoms with Crippen molar-refractivity contribution in [2.24, 2.45) is 0 Å². The van der Waals surface area contributed by atoms with Gasteiger partial charge >= 0.3 is 6.09 Å². The van der Waals surface area contributed by atoms with Crippen LogP contribution in [0.4, 0.5) is 4.79 Å². The predicted molar refractivity (Wildman–Crippen MR) is 96.7 cm³/mol. The number of aryl methyl sites for hydroxylation is 1. The Morgan fingerprint density at radius 1 is 1.17 bits per heavy atom. The molecule has 1 saturated heterocycles. The summed E-state index contributed by atoms with van der Waals surface area (Å²) in [5.74, 6) is 0. The van der Waals surface area contributed by atoms with Gasteiger partial charge in [-0.3, -0.25) is 4.90 Å². The summed E-state index contributed by atoms with van der Waals surface area (Å²) in [6, 6.07) is 8.39. The van der Waals surface area contributed by atoms with Crippen LogP contribution in [0, 0.1) is 0 Å². The quantitative estimate of drug-likeness (QED) is 0.790. The van der Waals surface area contributed by atoms with Crippen molar-refractivity contribution in [3.05, 3.63) is 34.3 Å². The molecule has 4 nitrogen and oxygen atoms in total. The van der Waals surface area contributed by atoms with Gasteiger partial charge in [0.1, 0.15) is 5.60 Å². The number of ether oxygens (including phenoxy) is 1. The zero-order valence-electron chi connectivity index (χ0n) is 14.3. The van der Waals surface area contributed by atoms with Crippen LogP contribution in [-0.2, 0) is 11.2 Å². The molecule has 1 aliphatic rings. The fourth-order valence-corrected chi connectivity index (χ4v) is 3.16. The Hall–Kier alpha value is -1.07. The highest BCUT2D eigenvalue weighted by Gasteiger charge is 2.25. The van der Waals surface area contributed by atoms with Gasteiger partial charge in [-0.2, -0.15) is 0 Å². The van der Waals surface area contributed by atoms with E-state index in [4.69, 9.17) is 4.74 Å². The molecule has 1 aliphatic heterocycles. The normalized spacial score (nSPS) is 16.4. The number of hydrogen-bond acceptors (Lipinski definition) is 3. The summed E-state index contributed by atoms with van der Waals surface area (Å²) in [7, 11) is 0. The van der Waals surface area contributed by atoms with E-state index in [1.54, 1.807) is 0 Å². The van der Waals surface area contributed by atoms with Crippen molar-refractivity contribution < 1.29 is 9.53 Å². The Morgan fingerprint density at radius 2 is 1.83 bits per heavy atom. The minimum atomic E-state index is -0.419. The van der Waals surface area contributed by atoms with Crippen molar-refractivity contribution >= 4 is 22.0 Å². The monoisotopic (exact) mass is 382 g/mol. The van der Waals surface area contributed by atoms with Crippen molar-refractivity contribution in [2.75, 3.05) is 32.7 Å². The van der Waals surface area contributed by atoms with E-state index >= 15 is 0 Å². The SMILES string of the molecule is CC(C)(C)OC(=O)N1CCN(CCCc2ccccc2Br)CC1. The molecule has 1 heterocycles. The van der Waals surface area contributed by atoms with Gasteiger partial charge in [0.05, 0.1) is 0 Å². The second kappa shape index (κ2) is 8.15. The molecular formula is C18H27BrN2O2. The molecule has 1 amide bonds. The van der Waals surface area contributed by atoms with Crippen LogP contribution in [0.25, 0.3) is 0 Å². The summed E-state index contributed by atoms with van der Waals surface area (Å²) in [5.41, 5.74) is 0.942. The van der Waals surface area contributed by atoms with Gasteiger partial charge in [-0.15, -0.1) is 0 Å². The Bertz CT molecular complexity index is 520. The molecule has 5 heteroatoms. The molecule has 0 atom stereocenters. The Labute approximate surface area is 147 Å². The minimum Gasteiger partial charge on any atom is -0.444 e. The topological polar surface area (TPSA) is 32.8 Å². The summed E-state index contributed by atoms with van der Waals surface area (Å²) in [4.78, 5) is 16.3. The van der Waals surface area contributed by atoms with E-state index in [0.29, 0.717) is 0 Å². The first-order chi connectivity index (χ1) is 10.8. The summed E-state index contributed by atoms with van der Waals surface area (Å²) in [5, 5.41) is 0. The lowest BCUT2D eigenvalue weighted by Crippen LogP contribution is -2.50. The van der Waals surface area contributed by atoms with Crippen LogP contribution in [0.3, 0.4) is 0 Å². The second-order valence-corrected chi connectivity index (χ2v) is 7.86. The molecule has 1 aromatic carbocycles. The number of halogens is 1. The fraction of sp³-hybridized carbons (Fsp3) is 0.611. The number of piperazine rings is 1. The van der Waals surface area contributed by atoms with Gasteiger partial charge in [0.15, 0.2) is 0 Å². The average Bonchev–Trinajstić information content (AvgIpc) is 2.48. The number of carbonyl (C=O) groups is 1. The molecule has 0 aromatic heterocycles. The third-order valence-electron chi connectivity index (χ3n) is 3.90. The standard InChI is InChI=1S/C18H27BrN2O2/c1-18(2,3)23-17(22)21-13-11-20(12-14-21)10-6-8-15-7-4-5-9-16(15)19/h4-5,7,9H,6,8,10-14H2,1-3H3. The van der Waals surface area contributed by atoms with Crippen molar-refractivity contribution in [1.29, 1.82) is 0 Å². The first-order valence-electron chi connectivity index (χ1n) is 8.29. The largest absolute Gasteiger partial charge is 0.444 e. The van der Waals surface area contributed by atoms with E-state index in [2.05, 4.69) is 39.0 Å². The summed E-state index contributed by atoms with van der Waals surface area (Å²) >= 11 is 3.60. The highest BCUT2D eigenvalue weighted by Crippen LogP contribution is 2.18. The first kappa shape index (κ1) is 18.3. The smallest absolute Gasteiger partial charge is 0.410 e. The average molecular weight is 383 g/mol. The number of rotatable bonds is 4. The fourth-order valence-electron chi connectivity index (χ4n) is 2.67. The van der Waals surface area contributed by atoms with E-state index in [9.17, 15) is 4.79 Å². The zero-order chi connectivity index (χ0) is 16.9. The van der Waals surface area contributed by atoms with Crippen LogP contribution in [-0.4, -0.2) is 54.2 Å². The molecular weight excluding hydrogens is 356 g/mol. The van der Waals surface area contributed by atoms with Gasteiger partial charge < -0.3 is 9.64 Å². The van der Waals surface area contributed by atoms with Crippen molar-refractivity contribution in [2.45, 2.75) is 39.2 Å². The van der Waals surface area contributed by atoms with Gasteiger partial charge in [-0.05, 0) is 51.8 Å². The van der Waals surface area contributed by atoms with Crippen LogP contribution in [0.5, 0.6) is 0 Å². The Kier molecular flexibility index (Phi) is 6.48. The Morgan fingerprint density at radius 3 is 2.43 bits per heavy atom. The maximum absolute atomic E-state index is 12.0. The van der Waals surface area contributed by atoms with E-state index in [0.717, 1.165) is 45.6 Å². The molecule has 0 aliphatic carbocycles. The third kappa shape index (κ3) is 6.15. The molecule has 0 bridgehead atoms. The minimum absolute atomic E-state index is 0.189. The Balaban J connectivity index is 1.69. The molecule has 0 spiro atoms. The van der Waals surface area contributed by atoms with Crippen molar-refractivity contribution in [3.63, 3.8) is 0 Å². The molecule has 0 radical (unpaired) electrons. The number of benzene rings is 1. The van der Waals surface area contributed by atoms with Crippen LogP contribution in [0.1, 0.15) is 32.8 Å². The maximum Gasteiger partial charge on any atom is 0.410 e. The van der Waals surface area contributed by atoms with Crippen LogP contribution in [0.2, 0.25) is 0 Å². The molecule has 1 aromatic rings. The second-order valence-electron chi connectivity index (χ2n) is 7.00. The molecule has 0 unspecified atom stereocenters. The molecule has 1 fully saturated rings. The number of carbonyl (C=O) groups excluding carboxylic acids is 1. The first-order valence-corrected chi connectivity index (χ1v) is 9.08. The highest BCUT2D eigenvalue weighted by atomic mass is 79.9. The van der Waals surface area contributed by atoms with Gasteiger partial charge in [-0.1, -0.05) is 34.1 Å². The van der Waals surface area contributed by atoms with E-state index in [1.807, 2.05) is 31.7 Å². The maximum atomic E-state index is 12.0. The summed E-state index contributed by atoms with van der Waals surface area (Å²) < 4.78 is 6.62. The van der Waals surface area contributed by atoms with Crippen molar-refractivity contribution in [3.8, 4) is 0 Å². The van der Waals surface area contributed by atoms with Crippen molar-refractivity contribution in [1.82, 2.24) is 9.80 Å². The lowest BCUT2D eigenvalue weighted by molar-refractivity contribution is 0.0145. The van der Waals surface area contributed by atoms with Crippen LogP contribution in [0.15, 0.2) is 28.7 Å². The van der Waals surface area contributed by atoms with Gasteiger partial charge in [0.25, 0.3) is 0 Å². The highest BCUT2D eigenvalue weighted by molar-refractivity contribution is 9.10. The van der Waals surface area contributed by atoms with E-state index in [1.165, 1.54) is 10.0 Å². The zero-order valence-corrected chi connectivity index (χ0v) is 15.9. The number of nitrogens with zero attached hydrogens (tertiary/aromatic N) is 2. The molecule has 128 valence electrons. The molecule has 0 saturated carbocycles. The van der Waals surface area contributed by atoms with Crippen LogP contribution < -0.4 is 0 Å². The number of amides is 1. The lowest BCUT2D eigenvalue weighted by Gasteiger charge is -2.35. The third-order valence-corrected chi connectivity index (χ3v) is 4.68. The van der Waals surface area contributed by atoms with E-state index in [-0.39, 0.29) is 6.09 Å². The van der Waals surface area contributed by atoms with Gasteiger partial charge in [0.2, 0.25) is 0 Å². The van der Waals surface area contributed by atoms with Crippen LogP contribution >= 0.6 is 15.9 Å². The molecule has 2 rings (SSSR count). The van der Waals surface area contributed by atoms with Gasteiger partial charge in [-0.25, -0.2) is 4.79 Å². The summed E-state index contributed by atoms with van der Waals surface area (Å²) in [6.45, 7) is 10.1. The lowest BCUT2D eigenvalue weighted by atomic mass is 10.1. The molecule has 23 heavy (non-hydrogen) atoms. The van der Waals surface area contributed by atoms with Gasteiger partial charge in [0, 0.05) is 30.7 Å². The summed E-state index contributed by atoms with van der Waals surface area (Å²) in [6.07, 6.45) is 2.02.